The lowest BCUT2D eigenvalue weighted by molar-refractivity contribution is -0.306. The first kappa shape index (κ1) is 39.4. The molecule has 5 aliphatic carbocycles. The van der Waals surface area contributed by atoms with Crippen LogP contribution in [0.3, 0.4) is 0 Å². The van der Waals surface area contributed by atoms with Crippen LogP contribution in [-0.2, 0) is 23.7 Å². The molecule has 49 heavy (non-hydrogen) atoms. The van der Waals surface area contributed by atoms with Crippen molar-refractivity contribution in [3.05, 3.63) is 0 Å². The van der Waals surface area contributed by atoms with E-state index in [0.29, 0.717) is 31.1 Å². The lowest BCUT2D eigenvalue weighted by Crippen LogP contribution is -2.58. The van der Waals surface area contributed by atoms with Crippen LogP contribution in [0.1, 0.15) is 133 Å². The molecule has 0 amide bonds. The summed E-state index contributed by atoms with van der Waals surface area (Å²) in [6, 6.07) is 0. The quantitative estimate of drug-likeness (QED) is 0.194. The molecule has 0 aromatic rings. The molecule has 2 spiro atoms. The Kier molecular flexibility index (Phi) is 10.6. The summed E-state index contributed by atoms with van der Waals surface area (Å²) in [6.45, 7) is 18.4. The minimum atomic E-state index is -1.32. The van der Waals surface area contributed by atoms with Gasteiger partial charge in [-0.25, -0.2) is 0 Å². The van der Waals surface area contributed by atoms with Crippen LogP contribution < -0.4 is 0 Å². The molecule has 14 atom stereocenters. The third-order valence-electron chi connectivity index (χ3n) is 15.3. The largest absolute Gasteiger partial charge is 0.457 e. The number of aliphatic hydroxyl groups is 5. The van der Waals surface area contributed by atoms with Gasteiger partial charge in [-0.2, -0.15) is 0 Å². The first-order valence-electron chi connectivity index (χ1n) is 19.2. The van der Waals surface area contributed by atoms with Crippen LogP contribution in [0.2, 0.25) is 0 Å². The second-order valence-corrected chi connectivity index (χ2v) is 18.1. The number of ether oxygens (including phenoxy) is 4. The molecule has 0 aromatic heterocycles. The SMILES string of the molecule is CC.CC(=O)OC(C1CC[C@@H]2C3(C)CC[C@@]45CC46CC[C@H](OC4C[C@@H](O)C(O)CO4)C(C)(C)[C@@H]6CCC5[C@]3(C)C[C@]2(O)O1)C(C)(C)O.CO. The van der Waals surface area contributed by atoms with E-state index in [9.17, 15) is 25.2 Å². The maximum absolute atomic E-state index is 12.4. The molecule has 0 bridgehead atoms. The zero-order valence-electron chi connectivity index (χ0n) is 32.0. The number of fused-ring (bicyclic) bond motifs is 4. The van der Waals surface area contributed by atoms with Gasteiger partial charge >= 0.3 is 5.97 Å². The normalized spacial score (nSPS) is 49.9. The van der Waals surface area contributed by atoms with Gasteiger partial charge in [0.2, 0.25) is 0 Å². The van der Waals surface area contributed by atoms with Crippen molar-refractivity contribution < 1.29 is 49.3 Å². The van der Waals surface area contributed by atoms with E-state index in [2.05, 4.69) is 27.7 Å². The third kappa shape index (κ3) is 5.85. The lowest BCUT2D eigenvalue weighted by Gasteiger charge is -2.63. The summed E-state index contributed by atoms with van der Waals surface area (Å²) in [4.78, 5) is 12.0. The molecule has 10 nitrogen and oxygen atoms in total. The van der Waals surface area contributed by atoms with Crippen molar-refractivity contribution in [2.45, 2.75) is 181 Å². The molecule has 2 aliphatic heterocycles. The number of aliphatic hydroxyl groups excluding tert-OH is 3. The Morgan fingerprint density at radius 2 is 1.45 bits per heavy atom. The Morgan fingerprint density at radius 1 is 0.837 bits per heavy atom. The first-order chi connectivity index (χ1) is 22.8. The summed E-state index contributed by atoms with van der Waals surface area (Å²) in [5.41, 5.74) is -0.937. The molecule has 7 aliphatic rings. The second-order valence-electron chi connectivity index (χ2n) is 18.1. The van der Waals surface area contributed by atoms with Crippen molar-refractivity contribution in [2.75, 3.05) is 13.7 Å². The van der Waals surface area contributed by atoms with Gasteiger partial charge in [0.1, 0.15) is 12.2 Å². The zero-order valence-corrected chi connectivity index (χ0v) is 32.0. The fourth-order valence-electron chi connectivity index (χ4n) is 13.2. The maximum Gasteiger partial charge on any atom is 0.303 e. The van der Waals surface area contributed by atoms with Gasteiger partial charge in [-0.15, -0.1) is 0 Å². The van der Waals surface area contributed by atoms with Gasteiger partial charge < -0.3 is 44.5 Å². The average molecular weight is 697 g/mol. The summed E-state index contributed by atoms with van der Waals surface area (Å²) < 4.78 is 24.6. The number of rotatable bonds is 5. The molecule has 0 aromatic carbocycles. The molecular formula is C39H68O10. The summed E-state index contributed by atoms with van der Waals surface area (Å²) in [5.74, 6) is -0.732. The highest BCUT2D eigenvalue weighted by Gasteiger charge is 2.84. The van der Waals surface area contributed by atoms with Crippen molar-refractivity contribution in [2.24, 2.45) is 44.8 Å². The topological polar surface area (TPSA) is 155 Å². The molecule has 2 saturated heterocycles. The highest BCUT2D eigenvalue weighted by molar-refractivity contribution is 5.66. The minimum Gasteiger partial charge on any atom is -0.457 e. The number of hydrogen-bond acceptors (Lipinski definition) is 10. The van der Waals surface area contributed by atoms with Crippen molar-refractivity contribution in [3.8, 4) is 0 Å². The molecule has 5 N–H and O–H groups in total. The second kappa shape index (κ2) is 13.2. The van der Waals surface area contributed by atoms with Gasteiger partial charge in [0.05, 0.1) is 24.4 Å². The number of carbonyl (C=O) groups excluding carboxylic acids is 1. The van der Waals surface area contributed by atoms with Crippen LogP contribution in [-0.4, -0.2) is 93.4 Å². The Hall–Kier alpha value is -0.850. The van der Waals surface area contributed by atoms with E-state index in [1.54, 1.807) is 13.8 Å². The maximum atomic E-state index is 12.4. The van der Waals surface area contributed by atoms with Crippen LogP contribution in [0.4, 0.5) is 0 Å². The Bertz CT molecular complexity index is 1200. The monoisotopic (exact) mass is 696 g/mol. The van der Waals surface area contributed by atoms with Gasteiger partial charge in [0.25, 0.3) is 0 Å². The zero-order chi connectivity index (χ0) is 36.6. The van der Waals surface area contributed by atoms with E-state index in [1.165, 1.54) is 19.8 Å². The highest BCUT2D eigenvalue weighted by atomic mass is 16.7. The lowest BCUT2D eigenvalue weighted by atomic mass is 9.42. The van der Waals surface area contributed by atoms with Crippen molar-refractivity contribution in [3.63, 3.8) is 0 Å². The molecule has 284 valence electrons. The van der Waals surface area contributed by atoms with Crippen LogP contribution in [0.25, 0.3) is 0 Å². The number of esters is 1. The molecule has 10 heteroatoms. The van der Waals surface area contributed by atoms with E-state index in [4.69, 9.17) is 24.1 Å². The summed E-state index contributed by atoms with van der Waals surface area (Å²) in [5, 5.41) is 50.5. The van der Waals surface area contributed by atoms with Crippen LogP contribution in [0.15, 0.2) is 0 Å². The van der Waals surface area contributed by atoms with Gasteiger partial charge in [-0.05, 0) is 111 Å². The van der Waals surface area contributed by atoms with Crippen LogP contribution in [0, 0.1) is 44.8 Å². The van der Waals surface area contributed by atoms with Crippen molar-refractivity contribution >= 4 is 5.97 Å². The smallest absolute Gasteiger partial charge is 0.303 e. The fraction of sp³-hybridized carbons (Fsp3) is 0.974. The summed E-state index contributed by atoms with van der Waals surface area (Å²) >= 11 is 0. The summed E-state index contributed by atoms with van der Waals surface area (Å²) in [7, 11) is 1.00. The Morgan fingerprint density at radius 3 is 2.06 bits per heavy atom. The van der Waals surface area contributed by atoms with E-state index < -0.39 is 48.1 Å². The number of carbonyl (C=O) groups is 1. The van der Waals surface area contributed by atoms with E-state index in [1.807, 2.05) is 13.8 Å². The first-order valence-corrected chi connectivity index (χ1v) is 19.2. The van der Waals surface area contributed by atoms with Crippen LogP contribution in [0.5, 0.6) is 0 Å². The predicted molar refractivity (Wildman–Crippen MR) is 184 cm³/mol. The van der Waals surface area contributed by atoms with E-state index in [0.717, 1.165) is 45.6 Å². The standard InChI is InChI=1S/C36H58O9.C2H6.CH4O/c1-20(37)43-29(31(4,5)40)23-8-9-26-32(6)14-15-35-19-34(35)13-12-27(44-28-16-21(38)22(39)17-42-28)30(2,3)24(34)10-11-25(35)33(32,7)18-36(26,41)45-23;2*1-2/h21-29,38-41H,8-19H2,1-7H3;1-2H3;2H,1H3/t21-,22?,23?,24+,25?,26-,27+,28?,29?,32?,33+,34?,35+,36+;;/m1../s1. The molecule has 0 radical (unpaired) electrons. The van der Waals surface area contributed by atoms with E-state index >= 15 is 0 Å². The van der Waals surface area contributed by atoms with Crippen molar-refractivity contribution in [1.82, 2.24) is 0 Å². The molecule has 7 unspecified atom stereocenters. The molecule has 2 heterocycles. The van der Waals surface area contributed by atoms with Gasteiger partial charge in [0, 0.05) is 32.8 Å². The Balaban J connectivity index is 0.00000113. The molecule has 7 fully saturated rings. The highest BCUT2D eigenvalue weighted by Crippen LogP contribution is 2.89. The minimum absolute atomic E-state index is 0.000691. The summed E-state index contributed by atoms with van der Waals surface area (Å²) in [6.07, 6.45) is 6.68. The van der Waals surface area contributed by atoms with Gasteiger partial charge in [-0.3, -0.25) is 4.79 Å². The van der Waals surface area contributed by atoms with Gasteiger partial charge in [-0.1, -0.05) is 41.5 Å². The van der Waals surface area contributed by atoms with Crippen molar-refractivity contribution in [1.29, 1.82) is 0 Å². The van der Waals surface area contributed by atoms with Gasteiger partial charge in [0.15, 0.2) is 18.2 Å². The Labute approximate surface area is 294 Å². The fourth-order valence-corrected chi connectivity index (χ4v) is 13.2. The number of hydrogen-bond donors (Lipinski definition) is 5. The predicted octanol–water partition coefficient (Wildman–Crippen LogP) is 5.09. The average Bonchev–Trinajstić information content (AvgIpc) is 3.65. The molecule has 7 rings (SSSR count). The third-order valence-corrected chi connectivity index (χ3v) is 15.3. The van der Waals surface area contributed by atoms with E-state index in [-0.39, 0.29) is 45.7 Å². The van der Waals surface area contributed by atoms with Crippen LogP contribution >= 0.6 is 0 Å². The molecule has 5 saturated carbocycles. The molecular weight excluding hydrogens is 628 g/mol.